The maximum absolute atomic E-state index is 5.64. The van der Waals surface area contributed by atoms with Gasteiger partial charge in [0.2, 0.25) is 0 Å². The first-order valence-corrected chi connectivity index (χ1v) is 6.41. The van der Waals surface area contributed by atoms with E-state index in [1.165, 1.54) is 5.56 Å². The summed E-state index contributed by atoms with van der Waals surface area (Å²) in [4.78, 5) is 2.35. The average Bonchev–Trinajstić information content (AvgIpc) is 2.17. The van der Waals surface area contributed by atoms with E-state index in [2.05, 4.69) is 66.0 Å². The lowest BCUT2D eigenvalue weighted by Crippen LogP contribution is -2.42. The summed E-state index contributed by atoms with van der Waals surface area (Å²) in [5.74, 6) is 0. The lowest BCUT2D eigenvalue weighted by molar-refractivity contribution is 0.140. The topological polar surface area (TPSA) is 29.3 Å². The molecule has 0 aliphatic carbocycles. The van der Waals surface area contributed by atoms with Gasteiger partial charge in [-0.15, -0.1) is 0 Å². The quantitative estimate of drug-likeness (QED) is 0.901. The number of hydrogen-bond acceptors (Lipinski definition) is 2. The van der Waals surface area contributed by atoms with E-state index >= 15 is 0 Å². The molecule has 2 N–H and O–H groups in total. The van der Waals surface area contributed by atoms with Crippen LogP contribution in [0.3, 0.4) is 0 Å². The van der Waals surface area contributed by atoms with E-state index in [1.54, 1.807) is 0 Å². The molecule has 0 spiro atoms. The maximum atomic E-state index is 5.64. The Bertz CT molecular complexity index is 336. The van der Waals surface area contributed by atoms with Crippen LogP contribution in [0.5, 0.6) is 0 Å². The fraction of sp³-hybridized carbons (Fsp3) is 0.538. The zero-order valence-corrected chi connectivity index (χ0v) is 11.9. The third kappa shape index (κ3) is 3.89. The van der Waals surface area contributed by atoms with Gasteiger partial charge in [0.05, 0.1) is 0 Å². The van der Waals surface area contributed by atoms with Gasteiger partial charge in [0, 0.05) is 16.6 Å². The minimum absolute atomic E-state index is 0.150. The molecular weight excluding hydrogens is 264 g/mol. The second kappa shape index (κ2) is 5.80. The Morgan fingerprint density at radius 3 is 2.62 bits per heavy atom. The summed E-state index contributed by atoms with van der Waals surface area (Å²) in [6.45, 7) is 6.15. The molecule has 0 saturated heterocycles. The van der Waals surface area contributed by atoms with E-state index < -0.39 is 0 Å². The van der Waals surface area contributed by atoms with Crippen LogP contribution in [0.4, 0.5) is 0 Å². The summed E-state index contributed by atoms with van der Waals surface area (Å²) >= 11 is 3.49. The Morgan fingerprint density at radius 1 is 1.38 bits per heavy atom. The largest absolute Gasteiger partial charge is 0.330 e. The van der Waals surface area contributed by atoms with Crippen molar-refractivity contribution in [1.29, 1.82) is 0 Å². The summed E-state index contributed by atoms with van der Waals surface area (Å²) in [5, 5.41) is 0. The van der Waals surface area contributed by atoms with Crippen molar-refractivity contribution in [3.63, 3.8) is 0 Å². The lowest BCUT2D eigenvalue weighted by atomic mass is 9.98. The summed E-state index contributed by atoms with van der Waals surface area (Å²) in [7, 11) is 2.15. The van der Waals surface area contributed by atoms with Gasteiger partial charge in [-0.3, -0.25) is 4.90 Å². The second-order valence-corrected chi connectivity index (χ2v) is 5.75. The number of rotatable bonds is 5. The molecule has 0 aromatic heterocycles. The van der Waals surface area contributed by atoms with E-state index in [4.69, 9.17) is 5.73 Å². The molecule has 0 fully saturated rings. The summed E-state index contributed by atoms with van der Waals surface area (Å²) in [6, 6.07) is 8.44. The molecule has 0 heterocycles. The molecule has 0 radical (unpaired) electrons. The monoisotopic (exact) mass is 284 g/mol. The van der Waals surface area contributed by atoms with Crippen molar-refractivity contribution in [2.45, 2.75) is 32.4 Å². The predicted octanol–water partition coefficient (Wildman–Crippen LogP) is 3.01. The minimum Gasteiger partial charge on any atom is -0.330 e. The molecule has 0 aliphatic rings. The van der Waals surface area contributed by atoms with Crippen molar-refractivity contribution in [3.05, 3.63) is 34.3 Å². The molecule has 0 saturated carbocycles. The highest BCUT2D eigenvalue weighted by Crippen LogP contribution is 2.20. The third-order valence-electron chi connectivity index (χ3n) is 3.10. The SMILES string of the molecule is CN(Cc1cccc(Br)c1)C(C)(C)CCN. The number of halogens is 1. The normalized spacial score (nSPS) is 12.1. The van der Waals surface area contributed by atoms with Gasteiger partial charge in [0.15, 0.2) is 0 Å². The van der Waals surface area contributed by atoms with Crippen LogP contribution in [0.15, 0.2) is 28.7 Å². The molecule has 0 amide bonds. The van der Waals surface area contributed by atoms with Crippen molar-refractivity contribution in [2.75, 3.05) is 13.6 Å². The lowest BCUT2D eigenvalue weighted by Gasteiger charge is -2.35. The van der Waals surface area contributed by atoms with Gasteiger partial charge >= 0.3 is 0 Å². The Morgan fingerprint density at radius 2 is 2.06 bits per heavy atom. The first kappa shape index (κ1) is 13.7. The molecule has 0 unspecified atom stereocenters. The van der Waals surface area contributed by atoms with Gasteiger partial charge in [0.1, 0.15) is 0 Å². The number of benzene rings is 1. The summed E-state index contributed by atoms with van der Waals surface area (Å²) < 4.78 is 1.13. The zero-order chi connectivity index (χ0) is 12.2. The van der Waals surface area contributed by atoms with Crippen LogP contribution < -0.4 is 5.73 Å². The summed E-state index contributed by atoms with van der Waals surface area (Å²) in [5.41, 5.74) is 7.11. The van der Waals surface area contributed by atoms with Gasteiger partial charge < -0.3 is 5.73 Å². The van der Waals surface area contributed by atoms with Crippen molar-refractivity contribution in [2.24, 2.45) is 5.73 Å². The standard InChI is InChI=1S/C13H21BrN2/c1-13(2,7-8-15)16(3)10-11-5-4-6-12(14)9-11/h4-6,9H,7-8,10,15H2,1-3H3. The van der Waals surface area contributed by atoms with Gasteiger partial charge in [-0.05, 0) is 51.6 Å². The molecule has 90 valence electrons. The Hall–Kier alpha value is -0.380. The highest BCUT2D eigenvalue weighted by molar-refractivity contribution is 9.10. The molecule has 1 aromatic carbocycles. The van der Waals surface area contributed by atoms with Crippen molar-refractivity contribution in [1.82, 2.24) is 4.90 Å². The molecule has 0 aliphatic heterocycles. The molecule has 1 rings (SSSR count). The van der Waals surface area contributed by atoms with Crippen molar-refractivity contribution in [3.8, 4) is 0 Å². The van der Waals surface area contributed by atoms with Crippen LogP contribution in [0.1, 0.15) is 25.8 Å². The Labute approximate surface area is 107 Å². The van der Waals surface area contributed by atoms with Crippen LogP contribution in [-0.4, -0.2) is 24.0 Å². The zero-order valence-electron chi connectivity index (χ0n) is 10.3. The molecule has 0 bridgehead atoms. The first-order chi connectivity index (χ1) is 7.45. The Balaban J connectivity index is 2.67. The summed E-state index contributed by atoms with van der Waals surface area (Å²) in [6.07, 6.45) is 1.01. The fourth-order valence-corrected chi connectivity index (χ4v) is 2.11. The Kier molecular flexibility index (Phi) is 4.96. The van der Waals surface area contributed by atoms with E-state index in [0.717, 1.165) is 24.0 Å². The molecule has 3 heteroatoms. The van der Waals surface area contributed by atoms with Crippen molar-refractivity contribution < 1.29 is 0 Å². The van der Waals surface area contributed by atoms with E-state index in [9.17, 15) is 0 Å². The van der Waals surface area contributed by atoms with Crippen LogP contribution in [0, 0.1) is 0 Å². The predicted molar refractivity (Wildman–Crippen MR) is 73.4 cm³/mol. The van der Waals surface area contributed by atoms with Crippen LogP contribution in [0.25, 0.3) is 0 Å². The highest BCUT2D eigenvalue weighted by atomic mass is 79.9. The van der Waals surface area contributed by atoms with Gasteiger partial charge in [-0.1, -0.05) is 28.1 Å². The number of nitrogens with zero attached hydrogens (tertiary/aromatic N) is 1. The molecule has 2 nitrogen and oxygen atoms in total. The van der Waals surface area contributed by atoms with E-state index in [1.807, 2.05) is 0 Å². The third-order valence-corrected chi connectivity index (χ3v) is 3.59. The van der Waals surface area contributed by atoms with Crippen LogP contribution in [-0.2, 0) is 6.54 Å². The molecule has 0 atom stereocenters. The van der Waals surface area contributed by atoms with E-state index in [-0.39, 0.29) is 5.54 Å². The van der Waals surface area contributed by atoms with Gasteiger partial charge in [0.25, 0.3) is 0 Å². The highest BCUT2D eigenvalue weighted by Gasteiger charge is 2.22. The van der Waals surface area contributed by atoms with Gasteiger partial charge in [-0.2, -0.15) is 0 Å². The van der Waals surface area contributed by atoms with Crippen LogP contribution in [0.2, 0.25) is 0 Å². The minimum atomic E-state index is 0.150. The molecule has 1 aromatic rings. The average molecular weight is 285 g/mol. The maximum Gasteiger partial charge on any atom is 0.0236 e. The number of nitrogens with two attached hydrogens (primary N) is 1. The second-order valence-electron chi connectivity index (χ2n) is 4.84. The molecular formula is C13H21BrN2. The van der Waals surface area contributed by atoms with Crippen LogP contribution >= 0.6 is 15.9 Å². The first-order valence-electron chi connectivity index (χ1n) is 5.61. The van der Waals surface area contributed by atoms with Gasteiger partial charge in [-0.25, -0.2) is 0 Å². The van der Waals surface area contributed by atoms with Crippen molar-refractivity contribution >= 4 is 15.9 Å². The molecule has 16 heavy (non-hydrogen) atoms. The number of hydrogen-bond donors (Lipinski definition) is 1. The fourth-order valence-electron chi connectivity index (χ4n) is 1.67. The van der Waals surface area contributed by atoms with E-state index in [0.29, 0.717) is 0 Å². The smallest absolute Gasteiger partial charge is 0.0236 e.